The molecule has 1 aromatic heterocycles. The maximum absolute atomic E-state index is 12.8. The van der Waals surface area contributed by atoms with Crippen molar-refractivity contribution in [3.05, 3.63) is 17.5 Å². The van der Waals surface area contributed by atoms with Crippen LogP contribution in [0.4, 0.5) is 0 Å². The van der Waals surface area contributed by atoms with E-state index in [0.29, 0.717) is 30.6 Å². The third-order valence-electron chi connectivity index (χ3n) is 4.23. The Morgan fingerprint density at radius 2 is 2.27 bits per heavy atom. The van der Waals surface area contributed by atoms with E-state index in [2.05, 4.69) is 4.90 Å². The van der Waals surface area contributed by atoms with E-state index in [-0.39, 0.29) is 18.1 Å². The highest BCUT2D eigenvalue weighted by Crippen LogP contribution is 2.36. The molecule has 3 heterocycles. The molecule has 2 fully saturated rings. The Balaban J connectivity index is 1.73. The number of rotatable bonds is 6. The fourth-order valence-corrected chi connectivity index (χ4v) is 5.81. The lowest BCUT2D eigenvalue weighted by Crippen LogP contribution is -2.37. The Kier molecular flexibility index (Phi) is 4.86. The van der Waals surface area contributed by atoms with Crippen LogP contribution in [0.3, 0.4) is 0 Å². The summed E-state index contributed by atoms with van der Waals surface area (Å²) in [5.41, 5.74) is 0. The Morgan fingerprint density at radius 1 is 1.45 bits per heavy atom. The summed E-state index contributed by atoms with van der Waals surface area (Å²) in [5.74, 6) is 0.136. The predicted molar refractivity (Wildman–Crippen MR) is 84.6 cm³/mol. The monoisotopic (exact) mass is 346 g/mol. The van der Waals surface area contributed by atoms with Crippen LogP contribution >= 0.6 is 11.3 Å². The fraction of sp³-hybridized carbons (Fsp3) is 0.714. The van der Waals surface area contributed by atoms with E-state index in [1.165, 1.54) is 11.3 Å². The number of hydrogen-bond acceptors (Lipinski definition) is 6. The van der Waals surface area contributed by atoms with Gasteiger partial charge in [-0.25, -0.2) is 8.42 Å². The lowest BCUT2D eigenvalue weighted by Gasteiger charge is -2.20. The Hall–Kier alpha value is -0.510. The Labute approximate surface area is 135 Å². The molecule has 0 aliphatic carbocycles. The second-order valence-corrected chi connectivity index (χ2v) is 9.05. The molecule has 2 aliphatic rings. The Bertz CT molecular complexity index is 588. The van der Waals surface area contributed by atoms with Crippen LogP contribution in [0.15, 0.2) is 21.7 Å². The van der Waals surface area contributed by atoms with Gasteiger partial charge >= 0.3 is 0 Å². The van der Waals surface area contributed by atoms with Gasteiger partial charge in [0.25, 0.3) is 10.0 Å². The standard InChI is InChI=1S/C14H22N2O4S2/c1-15(2)5-6-20-13-8-16(12-10-19-9-11(12)13)22(17,18)14-4-3-7-21-14/h3-4,7,11-13H,5-6,8-10H2,1-2H3/t11-,12+,13-/m1/s1. The van der Waals surface area contributed by atoms with Crippen LogP contribution in [0, 0.1) is 5.92 Å². The summed E-state index contributed by atoms with van der Waals surface area (Å²) in [4.78, 5) is 2.05. The predicted octanol–water partition coefficient (Wildman–Crippen LogP) is 0.714. The largest absolute Gasteiger partial charge is 0.379 e. The molecule has 3 rings (SSSR count). The van der Waals surface area contributed by atoms with Crippen LogP contribution in [-0.2, 0) is 19.5 Å². The van der Waals surface area contributed by atoms with Crippen LogP contribution < -0.4 is 0 Å². The normalized spacial score (nSPS) is 29.3. The second kappa shape index (κ2) is 6.54. The summed E-state index contributed by atoms with van der Waals surface area (Å²) in [6.45, 7) is 2.89. The Morgan fingerprint density at radius 3 is 2.95 bits per heavy atom. The van der Waals surface area contributed by atoms with E-state index < -0.39 is 10.0 Å². The summed E-state index contributed by atoms with van der Waals surface area (Å²) in [7, 11) is 0.544. The van der Waals surface area contributed by atoms with E-state index in [4.69, 9.17) is 9.47 Å². The molecule has 1 aromatic rings. The molecule has 124 valence electrons. The minimum absolute atomic E-state index is 0.0813. The first-order chi connectivity index (χ1) is 10.5. The smallest absolute Gasteiger partial charge is 0.252 e. The molecule has 0 spiro atoms. The fourth-order valence-electron chi connectivity index (χ4n) is 3.02. The number of thiophene rings is 1. The zero-order valence-electron chi connectivity index (χ0n) is 12.8. The highest BCUT2D eigenvalue weighted by Gasteiger charge is 2.50. The minimum Gasteiger partial charge on any atom is -0.379 e. The van der Waals surface area contributed by atoms with E-state index in [1.807, 2.05) is 14.1 Å². The molecule has 2 aliphatic heterocycles. The van der Waals surface area contributed by atoms with Crippen molar-refractivity contribution >= 4 is 21.4 Å². The van der Waals surface area contributed by atoms with Gasteiger partial charge < -0.3 is 14.4 Å². The molecule has 2 saturated heterocycles. The van der Waals surface area contributed by atoms with Crippen molar-refractivity contribution in [2.24, 2.45) is 5.92 Å². The summed E-state index contributed by atoms with van der Waals surface area (Å²) in [5, 5.41) is 1.79. The molecule has 0 unspecified atom stereocenters. The van der Waals surface area contributed by atoms with Gasteiger partial charge in [0.15, 0.2) is 0 Å². The number of likely N-dealkylation sites (N-methyl/N-ethyl adjacent to an activating group) is 1. The van der Waals surface area contributed by atoms with E-state index >= 15 is 0 Å². The van der Waals surface area contributed by atoms with Gasteiger partial charge in [0.2, 0.25) is 0 Å². The summed E-state index contributed by atoms with van der Waals surface area (Å²) < 4.78 is 39.0. The van der Waals surface area contributed by atoms with Crippen LogP contribution in [-0.4, -0.2) is 76.8 Å². The molecule has 0 N–H and O–H groups in total. The highest BCUT2D eigenvalue weighted by atomic mass is 32.2. The number of ether oxygens (including phenoxy) is 2. The molecular weight excluding hydrogens is 324 g/mol. The van der Waals surface area contributed by atoms with Gasteiger partial charge in [0.1, 0.15) is 4.21 Å². The first-order valence-electron chi connectivity index (χ1n) is 7.39. The van der Waals surface area contributed by atoms with Crippen molar-refractivity contribution in [2.75, 3.05) is 47.0 Å². The number of hydrogen-bond donors (Lipinski definition) is 0. The van der Waals surface area contributed by atoms with E-state index in [9.17, 15) is 8.42 Å². The molecule has 0 radical (unpaired) electrons. The third kappa shape index (κ3) is 3.08. The zero-order valence-corrected chi connectivity index (χ0v) is 14.5. The van der Waals surface area contributed by atoms with Crippen molar-refractivity contribution in [2.45, 2.75) is 16.4 Å². The maximum atomic E-state index is 12.8. The van der Waals surface area contributed by atoms with E-state index in [1.54, 1.807) is 21.8 Å². The van der Waals surface area contributed by atoms with Gasteiger partial charge in [-0.05, 0) is 25.5 Å². The summed E-state index contributed by atoms with van der Waals surface area (Å²) in [6.07, 6.45) is -0.0813. The molecular formula is C14H22N2O4S2. The number of sulfonamides is 1. The topological polar surface area (TPSA) is 59.1 Å². The molecule has 0 aromatic carbocycles. The average Bonchev–Trinajstić information content (AvgIpc) is 3.16. The minimum atomic E-state index is -3.44. The van der Waals surface area contributed by atoms with Crippen molar-refractivity contribution in [1.82, 2.24) is 9.21 Å². The maximum Gasteiger partial charge on any atom is 0.252 e. The number of fused-ring (bicyclic) bond motifs is 1. The first-order valence-corrected chi connectivity index (χ1v) is 9.71. The molecule has 6 nitrogen and oxygen atoms in total. The molecule has 0 bridgehead atoms. The van der Waals surface area contributed by atoms with Gasteiger partial charge in [-0.1, -0.05) is 6.07 Å². The zero-order chi connectivity index (χ0) is 15.7. The average molecular weight is 346 g/mol. The van der Waals surface area contributed by atoms with E-state index in [0.717, 1.165) is 6.54 Å². The van der Waals surface area contributed by atoms with Crippen molar-refractivity contribution in [1.29, 1.82) is 0 Å². The molecule has 0 saturated carbocycles. The lowest BCUT2D eigenvalue weighted by molar-refractivity contribution is 0.0171. The van der Waals surface area contributed by atoms with Crippen molar-refractivity contribution in [3.8, 4) is 0 Å². The summed E-state index contributed by atoms with van der Waals surface area (Å²) >= 11 is 1.26. The third-order valence-corrected chi connectivity index (χ3v) is 7.49. The van der Waals surface area contributed by atoms with Crippen LogP contribution in [0.1, 0.15) is 0 Å². The van der Waals surface area contributed by atoms with Crippen molar-refractivity contribution < 1.29 is 17.9 Å². The van der Waals surface area contributed by atoms with Gasteiger partial charge in [-0.3, -0.25) is 0 Å². The molecule has 8 heteroatoms. The van der Waals surface area contributed by atoms with Gasteiger partial charge in [-0.2, -0.15) is 4.31 Å². The SMILES string of the molecule is CN(C)CCO[C@@H]1CN(S(=O)(=O)c2cccs2)[C@H]2COC[C@@H]12. The van der Waals surface area contributed by atoms with Gasteiger partial charge in [0.05, 0.1) is 32.0 Å². The molecule has 0 amide bonds. The summed E-state index contributed by atoms with van der Waals surface area (Å²) in [6, 6.07) is 3.32. The first kappa shape index (κ1) is 16.4. The van der Waals surface area contributed by atoms with Gasteiger partial charge in [0, 0.05) is 19.0 Å². The van der Waals surface area contributed by atoms with Crippen LogP contribution in [0.2, 0.25) is 0 Å². The second-order valence-electron chi connectivity index (χ2n) is 5.99. The van der Waals surface area contributed by atoms with Crippen LogP contribution in [0.5, 0.6) is 0 Å². The van der Waals surface area contributed by atoms with Crippen LogP contribution in [0.25, 0.3) is 0 Å². The van der Waals surface area contributed by atoms with Crippen molar-refractivity contribution in [3.63, 3.8) is 0 Å². The lowest BCUT2D eigenvalue weighted by atomic mass is 10.0. The highest BCUT2D eigenvalue weighted by molar-refractivity contribution is 7.91. The quantitative estimate of drug-likeness (QED) is 0.759. The van der Waals surface area contributed by atoms with Gasteiger partial charge in [-0.15, -0.1) is 11.3 Å². The molecule has 3 atom stereocenters. The number of nitrogens with zero attached hydrogens (tertiary/aromatic N) is 2. The molecule has 22 heavy (non-hydrogen) atoms.